The highest BCUT2D eigenvalue weighted by molar-refractivity contribution is 8.00. The lowest BCUT2D eigenvalue weighted by Crippen LogP contribution is -2.51. The Balaban J connectivity index is 0.872. The molecule has 13 nitrogen and oxygen atoms in total. The van der Waals surface area contributed by atoms with Crippen LogP contribution in [0.25, 0.3) is 21.3 Å². The van der Waals surface area contributed by atoms with Gasteiger partial charge in [-0.05, 0) is 72.5 Å². The Labute approximate surface area is 381 Å². The Morgan fingerprint density at radius 1 is 0.969 bits per heavy atom. The normalized spacial score (nSPS) is 26.4. The maximum atomic E-state index is 14.2. The number of amides is 4. The number of rotatable bonds is 18. The van der Waals surface area contributed by atoms with Gasteiger partial charge in [0.2, 0.25) is 11.8 Å². The maximum absolute atomic E-state index is 14.2. The summed E-state index contributed by atoms with van der Waals surface area (Å²) in [5, 5.41) is 36.6. The van der Waals surface area contributed by atoms with Gasteiger partial charge in [0.15, 0.2) is 11.2 Å². The van der Waals surface area contributed by atoms with Gasteiger partial charge in [-0.25, -0.2) is 4.79 Å². The molecule has 5 heterocycles. The molecule has 0 unspecified atom stereocenters. The minimum Gasteiger partial charge on any atom is -0.496 e. The van der Waals surface area contributed by atoms with E-state index < -0.39 is 29.1 Å². The molecule has 3 aromatic carbocycles. The number of aromatic amines is 1. The van der Waals surface area contributed by atoms with Gasteiger partial charge in [-0.3, -0.25) is 9.59 Å². The molecule has 1 saturated carbocycles. The summed E-state index contributed by atoms with van der Waals surface area (Å²) in [6.45, 7) is 1.06. The van der Waals surface area contributed by atoms with E-state index >= 15 is 0 Å². The molecule has 2 saturated heterocycles. The highest BCUT2D eigenvalue weighted by Crippen LogP contribution is 2.71. The average molecular weight is 908 g/mol. The number of H-pyrrole nitrogens is 1. The Morgan fingerprint density at radius 2 is 1.80 bits per heavy atom. The molecule has 5 aromatic rings. The number of urea groups is 1. The van der Waals surface area contributed by atoms with Gasteiger partial charge in [-0.1, -0.05) is 55.7 Å². The molecule has 0 spiro atoms. The number of carbonyl (C=O) groups is 3. The Bertz CT molecular complexity index is 2490. The van der Waals surface area contributed by atoms with Gasteiger partial charge < -0.3 is 50.3 Å². The number of thiophene rings is 1. The predicted molar refractivity (Wildman–Crippen MR) is 249 cm³/mol. The number of aliphatic hydroxyl groups is 2. The number of nitrogens with one attached hydrogen (secondary N) is 4. The highest BCUT2D eigenvalue weighted by atomic mass is 32.2. The van der Waals surface area contributed by atoms with Crippen LogP contribution in [-0.2, 0) is 20.8 Å². The van der Waals surface area contributed by atoms with Crippen LogP contribution in [0.15, 0.2) is 85.1 Å². The standard InChI is InChI=1S/C49H57N5O8S2/c1-54(2)46(57)41-42(29-13-7-6-8-14-29)49(39-20-19-37(64-39)31-17-18-33-30(25-31)21-23-50-33)48(59,45(41)56)43-35(60-3)26-32(27-36(43)62-49)61-24-12-5-4-11-22-51-40(55)16-10-9-15-38-44-34(28-63-38)52-47(58)53-44/h6-8,13-14,17-21,23,25-27,34,38,41-42,44-45,50,56,59H,4-5,9-12,15-16,22,24,28H2,1-3H3,(H,51,55)(H2,52,53,58)/t34-,38-,41+,42+,44-,45+,48-,49-/m0/s1. The first-order chi connectivity index (χ1) is 31.0. The number of hydrogen-bond donors (Lipinski definition) is 6. The van der Waals surface area contributed by atoms with Crippen molar-refractivity contribution < 1.29 is 38.8 Å². The number of aromatic nitrogens is 1. The summed E-state index contributed by atoms with van der Waals surface area (Å²) in [7, 11) is 4.83. The third-order valence-electron chi connectivity index (χ3n) is 13.5. The molecular formula is C49H57N5O8S2. The largest absolute Gasteiger partial charge is 0.496 e. The number of aliphatic hydroxyl groups excluding tert-OH is 1. The molecule has 3 fully saturated rings. The van der Waals surface area contributed by atoms with Crippen LogP contribution in [0, 0.1) is 5.92 Å². The topological polar surface area (TPSA) is 174 Å². The highest BCUT2D eigenvalue weighted by Gasteiger charge is 2.78. The Morgan fingerprint density at radius 3 is 2.61 bits per heavy atom. The van der Waals surface area contributed by atoms with E-state index in [9.17, 15) is 24.6 Å². The minimum atomic E-state index is -2.11. The Hall–Kier alpha value is -5.22. The first-order valence-corrected chi connectivity index (χ1v) is 24.2. The maximum Gasteiger partial charge on any atom is 0.315 e. The number of ether oxygens (including phenoxy) is 3. The van der Waals surface area contributed by atoms with Crippen LogP contribution in [0.1, 0.15) is 73.3 Å². The molecule has 8 atom stereocenters. The summed E-state index contributed by atoms with van der Waals surface area (Å²) in [6, 6.07) is 25.5. The van der Waals surface area contributed by atoms with E-state index in [0.717, 1.165) is 77.6 Å². The fraction of sp³-hybridized carbons (Fsp3) is 0.449. The van der Waals surface area contributed by atoms with Gasteiger partial charge >= 0.3 is 6.03 Å². The monoisotopic (exact) mass is 907 g/mol. The third kappa shape index (κ3) is 7.87. The predicted octanol–water partition coefficient (Wildman–Crippen LogP) is 7.02. The second-order valence-corrected chi connectivity index (χ2v) is 20.0. The second kappa shape index (κ2) is 18.3. The summed E-state index contributed by atoms with van der Waals surface area (Å²) in [5.74, 6) is -0.0733. The van der Waals surface area contributed by atoms with Crippen molar-refractivity contribution in [1.82, 2.24) is 25.8 Å². The summed E-state index contributed by atoms with van der Waals surface area (Å²) in [4.78, 5) is 44.7. The molecule has 4 amide bonds. The number of hydrogen-bond acceptors (Lipinski definition) is 10. The molecule has 6 N–H and O–H groups in total. The number of unbranched alkanes of at least 4 members (excludes halogenated alkanes) is 4. The zero-order valence-electron chi connectivity index (χ0n) is 36.4. The van der Waals surface area contributed by atoms with Crippen LogP contribution >= 0.6 is 23.1 Å². The van der Waals surface area contributed by atoms with Crippen molar-refractivity contribution in [1.29, 1.82) is 0 Å². The zero-order chi connectivity index (χ0) is 44.6. The SMILES string of the molecule is COc1cc(OCCCCCCNC(=O)CCCC[C@@H]2SC[C@@H]3NC(=O)N[C@@H]32)cc2c1[C@]1(O)[C@H](O)[C@H](C(=O)N(C)C)[C@@H](c3ccccc3)[C@]1(c1ccc(-c3ccc4[nH]ccc4c3)s1)O2. The molecule has 3 aliphatic heterocycles. The second-order valence-electron chi connectivity index (χ2n) is 17.6. The molecule has 4 aliphatic rings. The van der Waals surface area contributed by atoms with E-state index in [1.54, 1.807) is 26.2 Å². The van der Waals surface area contributed by atoms with Crippen LogP contribution < -0.4 is 30.2 Å². The average Bonchev–Trinajstić information content (AvgIpc) is 4.16. The fourth-order valence-corrected chi connectivity index (χ4v) is 13.2. The summed E-state index contributed by atoms with van der Waals surface area (Å²) in [5.41, 5.74) is -0.711. The third-order valence-corrected chi connectivity index (χ3v) is 16.2. The fourth-order valence-electron chi connectivity index (χ4n) is 10.4. The molecule has 338 valence electrons. The first kappa shape index (κ1) is 44.0. The molecule has 9 rings (SSSR count). The summed E-state index contributed by atoms with van der Waals surface area (Å²) in [6.07, 6.45) is 7.14. The number of carbonyl (C=O) groups excluding carboxylic acids is 3. The van der Waals surface area contributed by atoms with Gasteiger partial charge in [0.1, 0.15) is 23.4 Å². The number of benzene rings is 3. The molecule has 15 heteroatoms. The van der Waals surface area contributed by atoms with Crippen molar-refractivity contribution in [3.05, 3.63) is 101 Å². The van der Waals surface area contributed by atoms with Gasteiger partial charge in [-0.2, -0.15) is 11.8 Å². The smallest absolute Gasteiger partial charge is 0.315 e. The van der Waals surface area contributed by atoms with Crippen LogP contribution in [0.2, 0.25) is 0 Å². The first-order valence-electron chi connectivity index (χ1n) is 22.4. The van der Waals surface area contributed by atoms with E-state index in [4.69, 9.17) is 14.2 Å². The van der Waals surface area contributed by atoms with Crippen LogP contribution in [0.3, 0.4) is 0 Å². The number of thioether (sulfide) groups is 1. The summed E-state index contributed by atoms with van der Waals surface area (Å²) >= 11 is 3.37. The molecule has 1 aliphatic carbocycles. The van der Waals surface area contributed by atoms with Crippen LogP contribution in [0.4, 0.5) is 4.79 Å². The zero-order valence-corrected chi connectivity index (χ0v) is 38.1. The Kier molecular flexibility index (Phi) is 12.6. The van der Waals surface area contributed by atoms with Crippen molar-refractivity contribution >= 4 is 51.8 Å². The molecule has 2 aromatic heterocycles. The van der Waals surface area contributed by atoms with Crippen LogP contribution in [0.5, 0.6) is 17.2 Å². The van der Waals surface area contributed by atoms with Crippen LogP contribution in [-0.4, -0.2) is 101 Å². The van der Waals surface area contributed by atoms with E-state index in [-0.39, 0.29) is 41.2 Å². The molecule has 0 radical (unpaired) electrons. The van der Waals surface area contributed by atoms with Gasteiger partial charge in [-0.15, -0.1) is 11.3 Å². The lowest BCUT2D eigenvalue weighted by atomic mass is 9.73. The number of nitrogens with zero attached hydrogens (tertiary/aromatic N) is 1. The van der Waals surface area contributed by atoms with Gasteiger partial charge in [0.05, 0.1) is 42.2 Å². The van der Waals surface area contributed by atoms with E-state index in [1.807, 2.05) is 72.6 Å². The van der Waals surface area contributed by atoms with Crippen molar-refractivity contribution in [2.24, 2.45) is 5.92 Å². The number of methoxy groups -OCH3 is 1. The molecule has 0 bridgehead atoms. The van der Waals surface area contributed by atoms with Gasteiger partial charge in [0, 0.05) is 72.7 Å². The minimum absolute atomic E-state index is 0.0689. The lowest BCUT2D eigenvalue weighted by molar-refractivity contribution is -0.155. The summed E-state index contributed by atoms with van der Waals surface area (Å²) < 4.78 is 19.4. The molecular weight excluding hydrogens is 851 g/mol. The molecule has 64 heavy (non-hydrogen) atoms. The van der Waals surface area contributed by atoms with Crippen molar-refractivity contribution in [2.75, 3.05) is 40.1 Å². The van der Waals surface area contributed by atoms with E-state index in [2.05, 4.69) is 33.1 Å². The van der Waals surface area contributed by atoms with Crippen molar-refractivity contribution in [3.63, 3.8) is 0 Å². The van der Waals surface area contributed by atoms with E-state index in [0.29, 0.717) is 41.2 Å². The lowest BCUT2D eigenvalue weighted by Gasteiger charge is -2.39. The van der Waals surface area contributed by atoms with Crippen molar-refractivity contribution in [2.45, 2.75) is 91.9 Å². The number of fused-ring (bicyclic) bond motifs is 5. The van der Waals surface area contributed by atoms with Gasteiger partial charge in [0.25, 0.3) is 0 Å². The quantitative estimate of drug-likeness (QED) is 0.0399. The van der Waals surface area contributed by atoms with E-state index in [1.165, 1.54) is 23.3 Å². The van der Waals surface area contributed by atoms with Crippen molar-refractivity contribution in [3.8, 4) is 27.7 Å².